The maximum Gasteiger partial charge on any atom is 0.241 e. The van der Waals surface area contributed by atoms with Crippen molar-refractivity contribution in [1.29, 1.82) is 0 Å². The highest BCUT2D eigenvalue weighted by Gasteiger charge is 2.21. The van der Waals surface area contributed by atoms with E-state index in [1.54, 1.807) is 0 Å². The van der Waals surface area contributed by atoms with Gasteiger partial charge in [0.1, 0.15) is 6.04 Å². The highest BCUT2D eigenvalue weighted by Crippen LogP contribution is 2.23. The molecule has 104 valence electrons. The standard InChI is InChI=1S/C16H24N2O/c1-12-6-5-9-14(11-10-12)18-16(19)15(17)13-7-3-2-4-8-13/h2-4,7-8,12,14-15H,5-6,9-11,17H2,1H3,(H,18,19)/t12?,14?,15-/m1/s1. The van der Waals surface area contributed by atoms with Crippen LogP contribution in [0, 0.1) is 5.92 Å². The van der Waals surface area contributed by atoms with E-state index in [1.165, 1.54) is 19.3 Å². The molecule has 3 atom stereocenters. The van der Waals surface area contributed by atoms with Crippen LogP contribution in [0.4, 0.5) is 0 Å². The molecule has 3 heteroatoms. The van der Waals surface area contributed by atoms with Gasteiger partial charge in [-0.25, -0.2) is 0 Å². The summed E-state index contributed by atoms with van der Waals surface area (Å²) in [6.07, 6.45) is 5.83. The number of carbonyl (C=O) groups is 1. The van der Waals surface area contributed by atoms with Gasteiger partial charge in [-0.2, -0.15) is 0 Å². The fourth-order valence-corrected chi connectivity index (χ4v) is 2.73. The van der Waals surface area contributed by atoms with Crippen molar-refractivity contribution in [3.05, 3.63) is 35.9 Å². The van der Waals surface area contributed by atoms with Crippen molar-refractivity contribution in [3.8, 4) is 0 Å². The van der Waals surface area contributed by atoms with Gasteiger partial charge in [-0.05, 0) is 30.7 Å². The monoisotopic (exact) mass is 260 g/mol. The molecule has 0 spiro atoms. The minimum absolute atomic E-state index is 0.0502. The SMILES string of the molecule is CC1CCCC(NC(=O)[C@H](N)c2ccccc2)CC1. The van der Waals surface area contributed by atoms with Gasteiger partial charge < -0.3 is 11.1 Å². The van der Waals surface area contributed by atoms with E-state index < -0.39 is 6.04 Å². The molecule has 0 saturated heterocycles. The lowest BCUT2D eigenvalue weighted by Crippen LogP contribution is -2.40. The van der Waals surface area contributed by atoms with E-state index in [0.29, 0.717) is 6.04 Å². The summed E-state index contributed by atoms with van der Waals surface area (Å²) in [5.74, 6) is 0.732. The molecule has 0 radical (unpaired) electrons. The van der Waals surface area contributed by atoms with Gasteiger partial charge in [-0.1, -0.05) is 50.1 Å². The largest absolute Gasteiger partial charge is 0.352 e. The third-order valence-corrected chi connectivity index (χ3v) is 4.04. The van der Waals surface area contributed by atoms with Gasteiger partial charge >= 0.3 is 0 Å². The summed E-state index contributed by atoms with van der Waals surface area (Å²) >= 11 is 0. The van der Waals surface area contributed by atoms with E-state index in [2.05, 4.69) is 12.2 Å². The third kappa shape index (κ3) is 4.06. The predicted molar refractivity (Wildman–Crippen MR) is 77.6 cm³/mol. The number of amides is 1. The van der Waals surface area contributed by atoms with Crippen LogP contribution in [-0.2, 0) is 4.79 Å². The van der Waals surface area contributed by atoms with E-state index in [-0.39, 0.29) is 5.91 Å². The van der Waals surface area contributed by atoms with Crippen LogP contribution in [0.1, 0.15) is 50.6 Å². The summed E-state index contributed by atoms with van der Waals surface area (Å²) in [5.41, 5.74) is 6.89. The number of hydrogen-bond acceptors (Lipinski definition) is 2. The summed E-state index contributed by atoms with van der Waals surface area (Å²) < 4.78 is 0. The molecule has 0 bridgehead atoms. The van der Waals surface area contributed by atoms with Crippen LogP contribution in [0.5, 0.6) is 0 Å². The zero-order valence-electron chi connectivity index (χ0n) is 11.6. The molecule has 0 aliphatic heterocycles. The molecule has 2 unspecified atom stereocenters. The Morgan fingerprint density at radius 1 is 1.21 bits per heavy atom. The molecule has 0 aromatic heterocycles. The van der Waals surface area contributed by atoms with Crippen LogP contribution < -0.4 is 11.1 Å². The Balaban J connectivity index is 1.90. The average molecular weight is 260 g/mol. The van der Waals surface area contributed by atoms with Gasteiger partial charge in [0.15, 0.2) is 0 Å². The molecule has 0 heterocycles. The first-order valence-corrected chi connectivity index (χ1v) is 7.27. The van der Waals surface area contributed by atoms with Crippen molar-refractivity contribution in [2.24, 2.45) is 11.7 Å². The van der Waals surface area contributed by atoms with Crippen LogP contribution >= 0.6 is 0 Å². The highest BCUT2D eigenvalue weighted by molar-refractivity contribution is 5.83. The normalized spacial score (nSPS) is 25.4. The second kappa shape index (κ2) is 6.71. The smallest absolute Gasteiger partial charge is 0.241 e. The minimum Gasteiger partial charge on any atom is -0.352 e. The fraction of sp³-hybridized carbons (Fsp3) is 0.562. The Hall–Kier alpha value is -1.35. The summed E-state index contributed by atoms with van der Waals surface area (Å²) in [5, 5.41) is 3.11. The van der Waals surface area contributed by atoms with Crippen LogP contribution in [0.2, 0.25) is 0 Å². The topological polar surface area (TPSA) is 55.1 Å². The summed E-state index contributed by atoms with van der Waals surface area (Å²) in [4.78, 5) is 12.2. The Bertz CT molecular complexity index is 404. The van der Waals surface area contributed by atoms with Crippen LogP contribution in [0.3, 0.4) is 0 Å². The van der Waals surface area contributed by atoms with Crippen molar-refractivity contribution in [1.82, 2.24) is 5.32 Å². The minimum atomic E-state index is -0.554. The van der Waals surface area contributed by atoms with Gasteiger partial charge in [0.05, 0.1) is 0 Å². The molecule has 1 aromatic carbocycles. The average Bonchev–Trinajstić information content (AvgIpc) is 2.64. The highest BCUT2D eigenvalue weighted by atomic mass is 16.2. The van der Waals surface area contributed by atoms with Crippen LogP contribution in [0.15, 0.2) is 30.3 Å². The van der Waals surface area contributed by atoms with Gasteiger partial charge in [0.25, 0.3) is 0 Å². The van der Waals surface area contributed by atoms with Crippen molar-refractivity contribution < 1.29 is 4.79 Å². The van der Waals surface area contributed by atoms with E-state index in [9.17, 15) is 4.79 Å². The maximum absolute atomic E-state index is 12.2. The van der Waals surface area contributed by atoms with Crippen LogP contribution in [0.25, 0.3) is 0 Å². The number of hydrogen-bond donors (Lipinski definition) is 2. The molecule has 1 fully saturated rings. The summed E-state index contributed by atoms with van der Waals surface area (Å²) in [6, 6.07) is 9.31. The molecule has 19 heavy (non-hydrogen) atoms. The number of nitrogens with one attached hydrogen (secondary N) is 1. The Labute approximate surface area is 115 Å². The number of nitrogens with two attached hydrogens (primary N) is 1. The fourth-order valence-electron chi connectivity index (χ4n) is 2.73. The number of benzene rings is 1. The molecule has 3 N–H and O–H groups in total. The van der Waals surface area contributed by atoms with Gasteiger partial charge in [-0.15, -0.1) is 0 Å². The molecule has 1 amide bonds. The molecule has 2 rings (SSSR count). The molecule has 3 nitrogen and oxygen atoms in total. The van der Waals surface area contributed by atoms with Gasteiger partial charge in [0.2, 0.25) is 5.91 Å². The van der Waals surface area contributed by atoms with Crippen molar-refractivity contribution in [3.63, 3.8) is 0 Å². The number of carbonyl (C=O) groups excluding carboxylic acids is 1. The van der Waals surface area contributed by atoms with E-state index in [4.69, 9.17) is 5.73 Å². The van der Waals surface area contributed by atoms with Crippen molar-refractivity contribution >= 4 is 5.91 Å². The lowest BCUT2D eigenvalue weighted by atomic mass is 10.0. The van der Waals surface area contributed by atoms with E-state index in [0.717, 1.165) is 24.3 Å². The molecular weight excluding hydrogens is 236 g/mol. The first kappa shape index (κ1) is 14.1. The molecular formula is C16H24N2O. The van der Waals surface area contributed by atoms with E-state index in [1.807, 2.05) is 30.3 Å². The lowest BCUT2D eigenvalue weighted by molar-refractivity contribution is -0.123. The van der Waals surface area contributed by atoms with Crippen molar-refractivity contribution in [2.45, 2.75) is 51.1 Å². The van der Waals surface area contributed by atoms with E-state index >= 15 is 0 Å². The van der Waals surface area contributed by atoms with Gasteiger partial charge in [0, 0.05) is 6.04 Å². The van der Waals surface area contributed by atoms with Crippen LogP contribution in [-0.4, -0.2) is 11.9 Å². The number of rotatable bonds is 3. The lowest BCUT2D eigenvalue weighted by Gasteiger charge is -2.19. The quantitative estimate of drug-likeness (QED) is 0.821. The molecule has 1 saturated carbocycles. The first-order chi connectivity index (χ1) is 9.16. The molecule has 1 aliphatic carbocycles. The molecule has 1 aliphatic rings. The third-order valence-electron chi connectivity index (χ3n) is 4.04. The maximum atomic E-state index is 12.2. The summed E-state index contributed by atoms with van der Waals surface area (Å²) in [6.45, 7) is 2.29. The predicted octanol–water partition coefficient (Wildman–Crippen LogP) is 2.77. The second-order valence-corrected chi connectivity index (χ2v) is 5.71. The molecule has 1 aromatic rings. The summed E-state index contributed by atoms with van der Waals surface area (Å²) in [7, 11) is 0. The first-order valence-electron chi connectivity index (χ1n) is 7.27. The zero-order valence-corrected chi connectivity index (χ0v) is 11.6. The Kier molecular flexibility index (Phi) is 4.97. The second-order valence-electron chi connectivity index (χ2n) is 5.71. The van der Waals surface area contributed by atoms with Crippen molar-refractivity contribution in [2.75, 3.05) is 0 Å². The van der Waals surface area contributed by atoms with Gasteiger partial charge in [-0.3, -0.25) is 4.79 Å². The zero-order chi connectivity index (χ0) is 13.7. The Morgan fingerprint density at radius 3 is 2.68 bits per heavy atom. The Morgan fingerprint density at radius 2 is 1.95 bits per heavy atom.